The minimum atomic E-state index is -0.217. The lowest BCUT2D eigenvalue weighted by atomic mass is 10.1. The van der Waals surface area contributed by atoms with Gasteiger partial charge in [-0.2, -0.15) is 5.01 Å². The Kier molecular flexibility index (Phi) is 4.12. The monoisotopic (exact) mass is 260 g/mol. The van der Waals surface area contributed by atoms with Gasteiger partial charge in [0.2, 0.25) is 5.27 Å². The summed E-state index contributed by atoms with van der Waals surface area (Å²) in [6, 6.07) is 9.83. The Balaban J connectivity index is 1.95. The number of benzene rings is 1. The van der Waals surface area contributed by atoms with Crippen molar-refractivity contribution in [3.05, 3.63) is 42.1 Å². The molecule has 1 heterocycles. The summed E-state index contributed by atoms with van der Waals surface area (Å²) in [6.45, 7) is 0. The minimum absolute atomic E-state index is 0.215. The van der Waals surface area contributed by atoms with Crippen LogP contribution in [0.5, 0.6) is 0 Å². The molecular formula is C13H16N4O2. The quantitative estimate of drug-likeness (QED) is 0.437. The summed E-state index contributed by atoms with van der Waals surface area (Å²) in [5.41, 5.74) is 1.12. The number of nitrogens with zero attached hydrogens (tertiary/aromatic N) is 4. The van der Waals surface area contributed by atoms with E-state index in [1.807, 2.05) is 44.4 Å². The highest BCUT2D eigenvalue weighted by Gasteiger charge is 2.11. The number of aromatic nitrogens is 2. The maximum atomic E-state index is 11.7. The number of hydrogen-bond donors (Lipinski definition) is 0. The van der Waals surface area contributed by atoms with Crippen molar-refractivity contribution in [2.45, 2.75) is 12.8 Å². The van der Waals surface area contributed by atoms with E-state index < -0.39 is 0 Å². The molecule has 0 unspecified atom stereocenters. The molecule has 0 aliphatic carbocycles. The van der Waals surface area contributed by atoms with Gasteiger partial charge in [-0.25, -0.2) is 4.99 Å². The first-order valence-corrected chi connectivity index (χ1v) is 6.00. The van der Waals surface area contributed by atoms with E-state index in [-0.39, 0.29) is 11.8 Å². The van der Waals surface area contributed by atoms with E-state index in [0.29, 0.717) is 12.8 Å². The molecule has 0 saturated carbocycles. The Morgan fingerprint density at radius 1 is 1.37 bits per heavy atom. The average Bonchev–Trinajstić information content (AvgIpc) is 2.86. The molecule has 0 radical (unpaired) electrons. The zero-order chi connectivity index (χ0) is 13.7. The molecule has 0 aliphatic heterocycles. The average molecular weight is 260 g/mol. The summed E-state index contributed by atoms with van der Waals surface area (Å²) in [7, 11) is 3.62. The highest BCUT2D eigenvalue weighted by atomic mass is 16.5. The molecule has 0 saturated heterocycles. The molecule has 100 valence electrons. The molecule has 0 spiro atoms. The molecule has 19 heavy (non-hydrogen) atoms. The molecule has 0 aliphatic rings. The van der Waals surface area contributed by atoms with Gasteiger partial charge in [0.05, 0.1) is 18.9 Å². The first kappa shape index (κ1) is 13.1. The second kappa shape index (κ2) is 5.99. The molecule has 6 nitrogen and oxygen atoms in total. The molecule has 1 aromatic carbocycles. The van der Waals surface area contributed by atoms with Gasteiger partial charge >= 0.3 is 5.88 Å². The molecule has 1 aromatic heterocycles. The predicted molar refractivity (Wildman–Crippen MR) is 68.6 cm³/mol. The van der Waals surface area contributed by atoms with Gasteiger partial charge in [0, 0.05) is 0 Å². The molecule has 2 aromatic rings. The Bertz CT molecular complexity index is 549. The molecule has 0 atom stereocenters. The van der Waals surface area contributed by atoms with Crippen LogP contribution in [-0.2, 0) is 6.42 Å². The lowest BCUT2D eigenvalue weighted by Gasteiger charge is -2.08. The molecule has 0 N–H and O–H groups in total. The summed E-state index contributed by atoms with van der Waals surface area (Å²) in [6.07, 6.45) is 2.58. The first-order valence-electron chi connectivity index (χ1n) is 6.00. The van der Waals surface area contributed by atoms with Gasteiger partial charge in [-0.3, -0.25) is 4.52 Å². The van der Waals surface area contributed by atoms with Crippen molar-refractivity contribution >= 4 is 11.8 Å². The highest BCUT2D eigenvalue weighted by Crippen LogP contribution is 2.08. The normalized spacial score (nSPS) is 11.6. The van der Waals surface area contributed by atoms with Crippen LogP contribution in [-0.4, -0.2) is 25.3 Å². The third kappa shape index (κ3) is 3.80. The van der Waals surface area contributed by atoms with Crippen molar-refractivity contribution in [2.75, 3.05) is 19.1 Å². The SMILES string of the molecule is CN(C)[n+]1cc(/N=C(\[O-])CCc2ccccc2)on1. The Morgan fingerprint density at radius 2 is 2.11 bits per heavy atom. The van der Waals surface area contributed by atoms with Crippen LogP contribution in [0.2, 0.25) is 0 Å². The summed E-state index contributed by atoms with van der Waals surface area (Å²) >= 11 is 0. The van der Waals surface area contributed by atoms with Gasteiger partial charge < -0.3 is 5.11 Å². The highest BCUT2D eigenvalue weighted by molar-refractivity contribution is 5.74. The van der Waals surface area contributed by atoms with E-state index in [1.165, 1.54) is 4.79 Å². The van der Waals surface area contributed by atoms with Crippen molar-refractivity contribution in [2.24, 2.45) is 4.99 Å². The van der Waals surface area contributed by atoms with E-state index in [2.05, 4.69) is 10.3 Å². The molecule has 6 heteroatoms. The lowest BCUT2D eigenvalue weighted by Crippen LogP contribution is -2.53. The summed E-state index contributed by atoms with van der Waals surface area (Å²) < 4.78 is 4.93. The molecule has 0 bridgehead atoms. The number of aryl methyl sites for hydroxylation is 1. The van der Waals surface area contributed by atoms with Crippen molar-refractivity contribution in [3.8, 4) is 0 Å². The van der Waals surface area contributed by atoms with Crippen molar-refractivity contribution in [1.82, 2.24) is 5.27 Å². The van der Waals surface area contributed by atoms with Crippen molar-refractivity contribution in [1.29, 1.82) is 0 Å². The maximum absolute atomic E-state index is 11.7. The first-order chi connectivity index (χ1) is 9.15. The van der Waals surface area contributed by atoms with Crippen LogP contribution in [0.3, 0.4) is 0 Å². The van der Waals surface area contributed by atoms with Crippen LogP contribution in [0.4, 0.5) is 5.88 Å². The fourth-order valence-corrected chi connectivity index (χ4v) is 1.54. The second-order valence-electron chi connectivity index (χ2n) is 4.30. The van der Waals surface area contributed by atoms with Gasteiger partial charge in [-0.15, -0.1) is 0 Å². The van der Waals surface area contributed by atoms with Crippen molar-refractivity contribution in [3.63, 3.8) is 0 Å². The zero-order valence-corrected chi connectivity index (χ0v) is 11.0. The van der Waals surface area contributed by atoms with E-state index >= 15 is 0 Å². The number of aliphatic imine (C=N–C) groups is 1. The topological polar surface area (TPSA) is 68.6 Å². The Labute approximate surface area is 111 Å². The van der Waals surface area contributed by atoms with Crippen LogP contribution in [0.25, 0.3) is 0 Å². The molecule has 2 rings (SSSR count). The molecular weight excluding hydrogens is 244 g/mol. The van der Waals surface area contributed by atoms with Gasteiger partial charge in [-0.05, 0) is 24.3 Å². The van der Waals surface area contributed by atoms with E-state index in [4.69, 9.17) is 4.52 Å². The summed E-state index contributed by atoms with van der Waals surface area (Å²) in [5.74, 6) is -0.00216. The molecule has 0 fully saturated rings. The minimum Gasteiger partial charge on any atom is -0.862 e. The Hall–Kier alpha value is -2.37. The Morgan fingerprint density at radius 3 is 2.74 bits per heavy atom. The summed E-state index contributed by atoms with van der Waals surface area (Å²) in [4.78, 5) is 5.32. The standard InChI is InChI=1S/C13H16N4O2/c1-16(2)17-10-13(19-15-17)14-12(18)9-8-11-6-4-3-5-7-11/h3-7,10H,8-9H2,1-2H3. The third-order valence-electron chi connectivity index (χ3n) is 2.56. The predicted octanol–water partition coefficient (Wildman–Crippen LogP) is 0.183. The van der Waals surface area contributed by atoms with Gasteiger partial charge in [0.25, 0.3) is 6.20 Å². The van der Waals surface area contributed by atoms with Crippen LogP contribution in [0.15, 0.2) is 46.0 Å². The summed E-state index contributed by atoms with van der Waals surface area (Å²) in [5, 5.41) is 17.1. The lowest BCUT2D eigenvalue weighted by molar-refractivity contribution is -0.753. The second-order valence-corrected chi connectivity index (χ2v) is 4.30. The van der Waals surface area contributed by atoms with Crippen molar-refractivity contribution < 1.29 is 14.4 Å². The maximum Gasteiger partial charge on any atom is 0.324 e. The van der Waals surface area contributed by atoms with Crippen LogP contribution < -0.4 is 14.9 Å². The van der Waals surface area contributed by atoms with Gasteiger partial charge in [-0.1, -0.05) is 30.3 Å². The zero-order valence-electron chi connectivity index (χ0n) is 11.0. The van der Waals surface area contributed by atoms with Crippen LogP contribution in [0, 0.1) is 0 Å². The van der Waals surface area contributed by atoms with Crippen LogP contribution >= 0.6 is 0 Å². The largest absolute Gasteiger partial charge is 0.862 e. The fraction of sp³-hybridized carbons (Fsp3) is 0.308. The van der Waals surface area contributed by atoms with E-state index in [9.17, 15) is 5.11 Å². The number of rotatable bonds is 5. The van der Waals surface area contributed by atoms with Crippen LogP contribution in [0.1, 0.15) is 12.0 Å². The fourth-order valence-electron chi connectivity index (χ4n) is 1.54. The van der Waals surface area contributed by atoms with E-state index in [0.717, 1.165) is 5.56 Å². The van der Waals surface area contributed by atoms with E-state index in [1.54, 1.807) is 11.2 Å². The van der Waals surface area contributed by atoms with Gasteiger partial charge in [0.1, 0.15) is 0 Å². The molecule has 0 amide bonds. The smallest absolute Gasteiger partial charge is 0.324 e. The number of hydrogen-bond acceptors (Lipinski definition) is 5. The van der Waals surface area contributed by atoms with Gasteiger partial charge in [0.15, 0.2) is 0 Å². The third-order valence-corrected chi connectivity index (χ3v) is 2.56.